The van der Waals surface area contributed by atoms with Crippen LogP contribution in [0, 0.1) is 5.82 Å². The van der Waals surface area contributed by atoms with Gasteiger partial charge in [-0.1, -0.05) is 0 Å². The summed E-state index contributed by atoms with van der Waals surface area (Å²) in [7, 11) is 1.52. The van der Waals surface area contributed by atoms with Gasteiger partial charge in [0.2, 0.25) is 0 Å². The summed E-state index contributed by atoms with van der Waals surface area (Å²) >= 11 is 1.56. The van der Waals surface area contributed by atoms with Crippen molar-refractivity contribution in [1.82, 2.24) is 14.5 Å². The number of aromatic nitrogens is 2. The number of aldehydes is 1. The molecule has 1 atom stereocenters. The van der Waals surface area contributed by atoms with E-state index in [1.807, 2.05) is 17.7 Å². The third-order valence-electron chi connectivity index (χ3n) is 5.20. The van der Waals surface area contributed by atoms with E-state index in [2.05, 4.69) is 9.88 Å². The molecule has 1 saturated heterocycles. The van der Waals surface area contributed by atoms with Crippen LogP contribution in [0.15, 0.2) is 30.6 Å². The fourth-order valence-corrected chi connectivity index (χ4v) is 4.00. The summed E-state index contributed by atoms with van der Waals surface area (Å²) in [4.78, 5) is 17.7. The Morgan fingerprint density at radius 3 is 2.69 bits per heavy atom. The first-order chi connectivity index (χ1) is 12.5. The van der Waals surface area contributed by atoms with Gasteiger partial charge in [-0.15, -0.1) is 11.8 Å². The van der Waals surface area contributed by atoms with Crippen LogP contribution in [0.1, 0.15) is 31.5 Å². The molecule has 0 bridgehead atoms. The minimum absolute atomic E-state index is 0.237. The van der Waals surface area contributed by atoms with Crippen molar-refractivity contribution in [3.8, 4) is 11.4 Å². The summed E-state index contributed by atoms with van der Waals surface area (Å²) in [6.45, 7) is 3.59. The minimum atomic E-state index is -0.484. The minimum Gasteiger partial charge on any atom is -0.497 e. The van der Waals surface area contributed by atoms with E-state index < -0.39 is 4.87 Å². The number of halogens is 1. The largest absolute Gasteiger partial charge is 0.497 e. The molecule has 7 heteroatoms. The Labute approximate surface area is 157 Å². The normalized spacial score (nSPS) is 18.5. The van der Waals surface area contributed by atoms with Gasteiger partial charge in [0.25, 0.3) is 0 Å². The van der Waals surface area contributed by atoms with Crippen molar-refractivity contribution in [2.24, 2.45) is 0 Å². The van der Waals surface area contributed by atoms with E-state index in [9.17, 15) is 9.18 Å². The van der Waals surface area contributed by atoms with E-state index in [-0.39, 0.29) is 11.7 Å². The van der Waals surface area contributed by atoms with E-state index in [1.54, 1.807) is 36.3 Å². The number of ether oxygens (including phenoxy) is 1. The van der Waals surface area contributed by atoms with Crippen LogP contribution in [0.3, 0.4) is 0 Å². The second kappa shape index (κ2) is 7.80. The lowest BCUT2D eigenvalue weighted by atomic mass is 9.95. The molecule has 2 heterocycles. The van der Waals surface area contributed by atoms with Crippen molar-refractivity contribution in [3.05, 3.63) is 42.2 Å². The molecule has 0 N–H and O–H groups in total. The summed E-state index contributed by atoms with van der Waals surface area (Å²) in [5, 5.41) is 0. The van der Waals surface area contributed by atoms with Crippen LogP contribution in [-0.4, -0.2) is 52.1 Å². The van der Waals surface area contributed by atoms with E-state index in [0.29, 0.717) is 11.4 Å². The molecule has 1 unspecified atom stereocenters. The number of hydrogen-bond acceptors (Lipinski definition) is 5. The number of rotatable bonds is 6. The number of thioether (sulfide) groups is 1. The summed E-state index contributed by atoms with van der Waals surface area (Å²) in [5.74, 6) is 1.26. The highest BCUT2D eigenvalue weighted by Gasteiger charge is 2.35. The fourth-order valence-electron chi connectivity index (χ4n) is 3.46. The predicted molar refractivity (Wildman–Crippen MR) is 102 cm³/mol. The smallest absolute Gasteiger partial charge is 0.150 e. The Morgan fingerprint density at radius 2 is 2.12 bits per heavy atom. The van der Waals surface area contributed by atoms with E-state index >= 15 is 0 Å². The van der Waals surface area contributed by atoms with Gasteiger partial charge in [-0.3, -0.25) is 4.90 Å². The Morgan fingerprint density at radius 1 is 1.38 bits per heavy atom. The second-order valence-electron chi connectivity index (χ2n) is 6.61. The maximum absolute atomic E-state index is 14.5. The monoisotopic (exact) mass is 377 g/mol. The average molecular weight is 377 g/mol. The Hall–Kier alpha value is -1.86. The zero-order valence-electron chi connectivity index (χ0n) is 15.3. The molecule has 2 aromatic rings. The lowest BCUT2D eigenvalue weighted by Gasteiger charge is -2.40. The third-order valence-corrected chi connectivity index (χ3v) is 6.38. The lowest BCUT2D eigenvalue weighted by Crippen LogP contribution is -2.48. The zero-order valence-corrected chi connectivity index (χ0v) is 16.1. The third kappa shape index (κ3) is 3.50. The molecule has 1 aromatic carbocycles. The average Bonchev–Trinajstić information content (AvgIpc) is 3.16. The van der Waals surface area contributed by atoms with Crippen molar-refractivity contribution >= 4 is 18.0 Å². The molecule has 0 radical (unpaired) electrons. The summed E-state index contributed by atoms with van der Waals surface area (Å²) in [6.07, 6.45) is 8.26. The number of imidazole rings is 1. The van der Waals surface area contributed by atoms with E-state index in [4.69, 9.17) is 4.74 Å². The number of piperidine rings is 1. The van der Waals surface area contributed by atoms with Crippen LogP contribution < -0.4 is 4.74 Å². The molecule has 140 valence electrons. The first-order valence-electron chi connectivity index (χ1n) is 8.66. The topological polar surface area (TPSA) is 47.4 Å². The number of carbonyl (C=O) groups excluding carboxylic acids is 1. The molecule has 0 aliphatic carbocycles. The van der Waals surface area contributed by atoms with E-state index in [1.165, 1.54) is 13.2 Å². The Kier molecular flexibility index (Phi) is 5.67. The van der Waals surface area contributed by atoms with Crippen LogP contribution in [0.5, 0.6) is 5.75 Å². The molecule has 26 heavy (non-hydrogen) atoms. The molecule has 0 saturated carbocycles. The lowest BCUT2D eigenvalue weighted by molar-refractivity contribution is -0.113. The maximum atomic E-state index is 14.5. The number of nitrogens with zero attached hydrogens (tertiary/aromatic N) is 3. The molecule has 1 aliphatic rings. The van der Waals surface area contributed by atoms with Crippen molar-refractivity contribution < 1.29 is 13.9 Å². The second-order valence-corrected chi connectivity index (χ2v) is 7.85. The molecule has 1 aromatic heterocycles. The van der Waals surface area contributed by atoms with Gasteiger partial charge < -0.3 is 14.1 Å². The van der Waals surface area contributed by atoms with Gasteiger partial charge in [-0.2, -0.15) is 0 Å². The summed E-state index contributed by atoms with van der Waals surface area (Å²) in [6, 6.07) is 4.85. The van der Waals surface area contributed by atoms with Crippen molar-refractivity contribution in [1.29, 1.82) is 0 Å². The molecular weight excluding hydrogens is 353 g/mol. The highest BCUT2D eigenvalue weighted by molar-refractivity contribution is 8.00. The molecular formula is C19H24FN3O2S. The van der Waals surface area contributed by atoms with Crippen LogP contribution >= 0.6 is 11.8 Å². The van der Waals surface area contributed by atoms with Gasteiger partial charge in [0.15, 0.2) is 5.82 Å². The maximum Gasteiger partial charge on any atom is 0.150 e. The molecule has 1 fully saturated rings. The van der Waals surface area contributed by atoms with Crippen LogP contribution in [0.25, 0.3) is 5.69 Å². The van der Waals surface area contributed by atoms with Crippen molar-refractivity contribution in [3.63, 3.8) is 0 Å². The quantitative estimate of drug-likeness (QED) is 0.722. The zero-order chi connectivity index (χ0) is 18.7. The summed E-state index contributed by atoms with van der Waals surface area (Å²) < 4.78 is 21.4. The molecule has 0 spiro atoms. The first-order valence-corrected chi connectivity index (χ1v) is 9.88. The Bertz CT molecular complexity index is 774. The predicted octanol–water partition coefficient (Wildman–Crippen LogP) is 3.48. The highest BCUT2D eigenvalue weighted by atomic mass is 32.2. The molecule has 1 aliphatic heterocycles. The number of benzene rings is 1. The summed E-state index contributed by atoms with van der Waals surface area (Å²) in [5.41, 5.74) is 0.475. The van der Waals surface area contributed by atoms with Crippen molar-refractivity contribution in [2.75, 3.05) is 26.5 Å². The van der Waals surface area contributed by atoms with Crippen molar-refractivity contribution in [2.45, 2.75) is 30.6 Å². The number of likely N-dealkylation sites (tertiary alicyclic amines) is 1. The van der Waals surface area contributed by atoms with Gasteiger partial charge >= 0.3 is 0 Å². The SMILES string of the molecule is COc1ccc(-n2ccnc2C2CCN(C(C)(C=O)SC)CC2)c(F)c1. The van der Waals surface area contributed by atoms with Crippen LogP contribution in [0.4, 0.5) is 4.39 Å². The van der Waals surface area contributed by atoms with Gasteiger partial charge in [0.1, 0.15) is 22.7 Å². The van der Waals surface area contributed by atoms with Crippen LogP contribution in [0.2, 0.25) is 0 Å². The highest BCUT2D eigenvalue weighted by Crippen LogP contribution is 2.34. The van der Waals surface area contributed by atoms with Crippen LogP contribution in [-0.2, 0) is 4.79 Å². The Balaban J connectivity index is 1.79. The number of methoxy groups -OCH3 is 1. The van der Waals surface area contributed by atoms with Gasteiger partial charge in [-0.05, 0) is 38.2 Å². The molecule has 0 amide bonds. The van der Waals surface area contributed by atoms with E-state index in [0.717, 1.165) is 38.0 Å². The fraction of sp³-hybridized carbons (Fsp3) is 0.474. The molecule has 5 nitrogen and oxygen atoms in total. The van der Waals surface area contributed by atoms with Gasteiger partial charge in [0.05, 0.1) is 12.8 Å². The molecule has 3 rings (SSSR count). The number of hydrogen-bond donors (Lipinski definition) is 0. The first kappa shape index (κ1) is 18.9. The number of carbonyl (C=O) groups is 1. The van der Waals surface area contributed by atoms with Gasteiger partial charge in [-0.25, -0.2) is 9.37 Å². The van der Waals surface area contributed by atoms with Gasteiger partial charge in [0, 0.05) is 37.5 Å². The standard InChI is InChI=1S/C19H24FN3O2S/c1-19(13-24,26-3)22-9-6-14(7-10-22)18-21-8-11-23(18)17-5-4-15(25-2)12-16(17)20/h4-5,8,11-14H,6-7,9-10H2,1-3H3.